The van der Waals surface area contributed by atoms with Gasteiger partial charge in [-0.2, -0.15) is 0 Å². The van der Waals surface area contributed by atoms with E-state index in [-0.39, 0.29) is 19.4 Å². The molecule has 0 radical (unpaired) electrons. The lowest BCUT2D eigenvalue weighted by molar-refractivity contribution is -0.161. The first-order chi connectivity index (χ1) is 21.7. The number of rotatable bonds is 33. The van der Waals surface area contributed by atoms with Crippen molar-refractivity contribution in [1.82, 2.24) is 0 Å². The maximum atomic E-state index is 12.4. The number of aliphatic hydroxyl groups excluding tert-OH is 2. The van der Waals surface area contributed by atoms with E-state index in [2.05, 4.69) is 30.5 Å². The Labute approximate surface area is 273 Å². The molecule has 0 bridgehead atoms. The van der Waals surface area contributed by atoms with E-state index in [1.54, 1.807) is 0 Å². The maximum Gasteiger partial charge on any atom is 0.472 e. The third-order valence-corrected chi connectivity index (χ3v) is 8.37. The van der Waals surface area contributed by atoms with Gasteiger partial charge in [0, 0.05) is 12.8 Å². The van der Waals surface area contributed by atoms with Crippen molar-refractivity contribution in [2.45, 2.75) is 167 Å². The lowest BCUT2D eigenvalue weighted by Crippen LogP contribution is -2.29. The molecule has 0 saturated heterocycles. The van der Waals surface area contributed by atoms with Gasteiger partial charge in [-0.3, -0.25) is 18.6 Å². The maximum absolute atomic E-state index is 12.4. The minimum Gasteiger partial charge on any atom is -0.462 e. The van der Waals surface area contributed by atoms with Crippen LogP contribution in [0.25, 0.3) is 0 Å². The highest BCUT2D eigenvalue weighted by Gasteiger charge is 2.27. The van der Waals surface area contributed by atoms with Crippen LogP contribution in [-0.4, -0.2) is 65.7 Å². The molecule has 45 heavy (non-hydrogen) atoms. The van der Waals surface area contributed by atoms with Crippen molar-refractivity contribution in [2.75, 3.05) is 26.4 Å². The molecule has 0 rings (SSSR count). The van der Waals surface area contributed by atoms with Crippen molar-refractivity contribution in [3.05, 3.63) is 12.2 Å². The van der Waals surface area contributed by atoms with Gasteiger partial charge in [0.25, 0.3) is 0 Å². The normalized spacial score (nSPS) is 14.3. The van der Waals surface area contributed by atoms with E-state index in [1.807, 2.05) is 0 Å². The highest BCUT2D eigenvalue weighted by atomic mass is 31.2. The predicted octanol–water partition coefficient (Wildman–Crippen LogP) is 8.11. The van der Waals surface area contributed by atoms with Crippen molar-refractivity contribution in [3.63, 3.8) is 0 Å². The summed E-state index contributed by atoms with van der Waals surface area (Å²) in [6.45, 7) is 2.29. The number of allylic oxidation sites excluding steroid dienone is 2. The number of hydrogen-bond donors (Lipinski definition) is 3. The number of aliphatic hydroxyl groups is 2. The smallest absolute Gasteiger partial charge is 0.462 e. The van der Waals surface area contributed by atoms with Crippen molar-refractivity contribution in [1.29, 1.82) is 0 Å². The number of esters is 2. The summed E-state index contributed by atoms with van der Waals surface area (Å²) in [4.78, 5) is 34.5. The van der Waals surface area contributed by atoms with E-state index in [9.17, 15) is 24.2 Å². The Kier molecular flexibility index (Phi) is 30.4. The van der Waals surface area contributed by atoms with Gasteiger partial charge >= 0.3 is 19.8 Å². The molecule has 0 aliphatic heterocycles. The number of phosphoric ester groups is 1. The quantitative estimate of drug-likeness (QED) is 0.0272. The molecule has 0 aromatic heterocycles. The Bertz CT molecular complexity index is 776. The van der Waals surface area contributed by atoms with E-state index >= 15 is 0 Å². The van der Waals surface area contributed by atoms with Crippen molar-refractivity contribution in [2.24, 2.45) is 0 Å². The number of ether oxygens (including phenoxy) is 2. The summed E-state index contributed by atoms with van der Waals surface area (Å²) in [6.07, 6.45) is 25.0. The molecule has 0 aromatic rings. The van der Waals surface area contributed by atoms with Crippen LogP contribution in [0.3, 0.4) is 0 Å². The van der Waals surface area contributed by atoms with E-state index in [4.69, 9.17) is 19.1 Å². The van der Waals surface area contributed by atoms with Crippen molar-refractivity contribution >= 4 is 19.8 Å². The lowest BCUT2D eigenvalue weighted by Gasteiger charge is -2.20. The minimum absolute atomic E-state index is 0.184. The summed E-state index contributed by atoms with van der Waals surface area (Å²) in [6, 6.07) is 0. The Morgan fingerprint density at radius 3 is 1.60 bits per heavy atom. The predicted molar refractivity (Wildman–Crippen MR) is 178 cm³/mol. The molecule has 1 unspecified atom stereocenters. The highest BCUT2D eigenvalue weighted by molar-refractivity contribution is 7.47. The summed E-state index contributed by atoms with van der Waals surface area (Å²) in [5.41, 5.74) is 0. The van der Waals surface area contributed by atoms with E-state index in [0.717, 1.165) is 51.4 Å². The molecule has 0 aromatic carbocycles. The van der Waals surface area contributed by atoms with E-state index in [1.165, 1.54) is 64.2 Å². The minimum atomic E-state index is -4.60. The summed E-state index contributed by atoms with van der Waals surface area (Å²) >= 11 is 0. The Balaban J connectivity index is 4.32. The summed E-state index contributed by atoms with van der Waals surface area (Å²) in [5.74, 6) is -0.940. The molecule has 0 amide bonds. The summed E-state index contributed by atoms with van der Waals surface area (Å²) < 4.78 is 32.4. The molecule has 0 aliphatic rings. The highest BCUT2D eigenvalue weighted by Crippen LogP contribution is 2.43. The SMILES string of the molecule is CCCCCCCC/C=C/CCCCCCCC(=O)OC[C@@H](COP(=O)(O)OC[C@H](O)CO)OC(=O)CCCCCCCCC. The molecular formula is C34H65O10P. The Morgan fingerprint density at radius 1 is 0.644 bits per heavy atom. The Morgan fingerprint density at radius 2 is 1.09 bits per heavy atom. The van der Waals surface area contributed by atoms with Crippen molar-refractivity contribution in [3.8, 4) is 0 Å². The van der Waals surface area contributed by atoms with E-state index < -0.39 is 51.8 Å². The molecule has 0 spiro atoms. The molecule has 3 atom stereocenters. The number of carbonyl (C=O) groups is 2. The molecule has 0 aliphatic carbocycles. The average Bonchev–Trinajstić information content (AvgIpc) is 3.02. The van der Waals surface area contributed by atoms with Crippen LogP contribution < -0.4 is 0 Å². The molecule has 0 saturated carbocycles. The van der Waals surface area contributed by atoms with Crippen LogP contribution in [0.2, 0.25) is 0 Å². The largest absolute Gasteiger partial charge is 0.472 e. The number of hydrogen-bond acceptors (Lipinski definition) is 9. The number of unbranched alkanes of at least 4 members (excludes halogenated alkanes) is 17. The van der Waals surface area contributed by atoms with Crippen LogP contribution >= 0.6 is 7.82 Å². The fourth-order valence-electron chi connectivity index (χ4n) is 4.63. The van der Waals surface area contributed by atoms with Gasteiger partial charge < -0.3 is 24.6 Å². The van der Waals surface area contributed by atoms with Gasteiger partial charge in [0.1, 0.15) is 12.7 Å². The van der Waals surface area contributed by atoms with Crippen LogP contribution in [0.15, 0.2) is 12.2 Å². The summed E-state index contributed by atoms with van der Waals surface area (Å²) in [5, 5.41) is 18.2. The first-order valence-electron chi connectivity index (χ1n) is 17.6. The van der Waals surface area contributed by atoms with Crippen LogP contribution in [-0.2, 0) is 32.7 Å². The fraction of sp³-hybridized carbons (Fsp3) is 0.882. The number of phosphoric acid groups is 1. The van der Waals surface area contributed by atoms with Gasteiger partial charge in [-0.05, 0) is 38.5 Å². The third-order valence-electron chi connectivity index (χ3n) is 7.42. The van der Waals surface area contributed by atoms with Gasteiger partial charge in [0.15, 0.2) is 6.10 Å². The third kappa shape index (κ3) is 31.1. The van der Waals surface area contributed by atoms with Gasteiger partial charge in [0.2, 0.25) is 0 Å². The average molecular weight is 665 g/mol. The standard InChI is InChI=1S/C34H65O10P/c1-3-5-7-9-11-12-13-14-15-16-17-18-20-21-23-25-33(37)41-29-32(30-43-45(39,40)42-28-31(36)27-35)44-34(38)26-24-22-19-10-8-6-4-2/h14-15,31-32,35-36H,3-13,16-30H2,1-2H3,(H,39,40)/b15-14+/t31-,32+/m1/s1. The molecule has 0 heterocycles. The Hall–Kier alpha value is -1.29. The van der Waals surface area contributed by atoms with Gasteiger partial charge in [-0.1, -0.05) is 116 Å². The van der Waals surface area contributed by atoms with E-state index in [0.29, 0.717) is 12.8 Å². The molecule has 3 N–H and O–H groups in total. The van der Waals surface area contributed by atoms with Crippen LogP contribution in [0.4, 0.5) is 0 Å². The van der Waals surface area contributed by atoms with Crippen LogP contribution in [0, 0.1) is 0 Å². The zero-order valence-corrected chi connectivity index (χ0v) is 29.2. The summed E-state index contributed by atoms with van der Waals surface area (Å²) in [7, 11) is -4.60. The zero-order valence-electron chi connectivity index (χ0n) is 28.3. The van der Waals surface area contributed by atoms with Gasteiger partial charge in [-0.15, -0.1) is 0 Å². The van der Waals surface area contributed by atoms with Crippen LogP contribution in [0.5, 0.6) is 0 Å². The van der Waals surface area contributed by atoms with Crippen molar-refractivity contribution < 1.29 is 47.8 Å². The zero-order chi connectivity index (χ0) is 33.4. The first kappa shape index (κ1) is 43.7. The van der Waals surface area contributed by atoms with Gasteiger partial charge in [0.05, 0.1) is 19.8 Å². The molecule has 266 valence electrons. The second-order valence-corrected chi connectivity index (χ2v) is 13.4. The molecule has 0 fully saturated rings. The topological polar surface area (TPSA) is 149 Å². The molecule has 11 heteroatoms. The van der Waals surface area contributed by atoms with Crippen LogP contribution in [0.1, 0.15) is 155 Å². The van der Waals surface area contributed by atoms with Gasteiger partial charge in [-0.25, -0.2) is 4.57 Å². The first-order valence-corrected chi connectivity index (χ1v) is 19.1. The number of carbonyl (C=O) groups excluding carboxylic acids is 2. The second kappa shape index (κ2) is 31.3. The fourth-order valence-corrected chi connectivity index (χ4v) is 5.42. The molecular weight excluding hydrogens is 599 g/mol. The monoisotopic (exact) mass is 664 g/mol. The second-order valence-electron chi connectivity index (χ2n) is 11.9. The molecule has 10 nitrogen and oxygen atoms in total. The lowest BCUT2D eigenvalue weighted by atomic mass is 10.1.